The molecule has 174 valence electrons. The minimum atomic E-state index is -0.173. The van der Waals surface area contributed by atoms with Gasteiger partial charge in [-0.05, 0) is 110 Å². The highest BCUT2D eigenvalue weighted by Crippen LogP contribution is 2.29. The Morgan fingerprint density at radius 2 is 1.82 bits per heavy atom. The van der Waals surface area contributed by atoms with Crippen LogP contribution in [0, 0.1) is 23.1 Å². The second-order valence-electron chi connectivity index (χ2n) is 9.76. The van der Waals surface area contributed by atoms with Crippen LogP contribution < -0.4 is 0 Å². The van der Waals surface area contributed by atoms with E-state index >= 15 is 0 Å². The largest absolute Gasteiger partial charge is 0.302 e. The van der Waals surface area contributed by atoms with Crippen molar-refractivity contribution in [2.75, 3.05) is 26.2 Å². The molecule has 0 aromatic heterocycles. The second kappa shape index (κ2) is 11.6. The average Bonchev–Trinajstić information content (AvgIpc) is 3.04. The highest BCUT2D eigenvalue weighted by molar-refractivity contribution is 5.64. The van der Waals surface area contributed by atoms with Crippen molar-refractivity contribution in [1.82, 2.24) is 9.80 Å². The van der Waals surface area contributed by atoms with Crippen LogP contribution in [0.5, 0.6) is 0 Å². The van der Waals surface area contributed by atoms with Crippen molar-refractivity contribution >= 4 is 5.57 Å². The molecule has 1 fully saturated rings. The number of allylic oxidation sites excluding steroid dienone is 1. The van der Waals surface area contributed by atoms with Crippen LogP contribution in [-0.2, 0) is 19.5 Å². The van der Waals surface area contributed by atoms with E-state index < -0.39 is 0 Å². The molecule has 0 spiro atoms. The van der Waals surface area contributed by atoms with Crippen molar-refractivity contribution in [2.24, 2.45) is 5.92 Å². The maximum Gasteiger partial charge on any atom is 0.123 e. The quantitative estimate of drug-likeness (QED) is 0.485. The predicted molar refractivity (Wildman–Crippen MR) is 133 cm³/mol. The van der Waals surface area contributed by atoms with Crippen molar-refractivity contribution in [1.29, 1.82) is 5.26 Å². The third-order valence-electron chi connectivity index (χ3n) is 7.35. The normalized spacial score (nSPS) is 17.8. The highest BCUT2D eigenvalue weighted by atomic mass is 19.1. The number of fused-ring (bicyclic) bond motifs is 1. The van der Waals surface area contributed by atoms with Crippen molar-refractivity contribution in [3.05, 3.63) is 77.1 Å². The summed E-state index contributed by atoms with van der Waals surface area (Å²) in [6.07, 6.45) is 7.65. The van der Waals surface area contributed by atoms with Crippen LogP contribution >= 0.6 is 0 Å². The van der Waals surface area contributed by atoms with E-state index in [-0.39, 0.29) is 5.82 Å². The highest BCUT2D eigenvalue weighted by Gasteiger charge is 2.20. The summed E-state index contributed by atoms with van der Waals surface area (Å²) >= 11 is 0. The van der Waals surface area contributed by atoms with E-state index in [0.29, 0.717) is 6.42 Å². The molecule has 1 saturated heterocycles. The summed E-state index contributed by atoms with van der Waals surface area (Å²) in [7, 11) is 0. The number of halogens is 1. The summed E-state index contributed by atoms with van der Waals surface area (Å²) in [5.74, 6) is 0.597. The zero-order chi connectivity index (χ0) is 23.0. The molecule has 2 aliphatic heterocycles. The van der Waals surface area contributed by atoms with E-state index in [9.17, 15) is 4.39 Å². The van der Waals surface area contributed by atoms with E-state index in [1.165, 1.54) is 47.1 Å². The summed E-state index contributed by atoms with van der Waals surface area (Å²) < 4.78 is 13.3. The Labute approximate surface area is 198 Å². The molecule has 2 heterocycles. The van der Waals surface area contributed by atoms with E-state index in [1.807, 2.05) is 12.1 Å². The lowest BCUT2D eigenvalue weighted by atomic mass is 9.88. The fourth-order valence-corrected chi connectivity index (χ4v) is 5.26. The van der Waals surface area contributed by atoms with Gasteiger partial charge in [0.05, 0.1) is 6.07 Å². The Hall–Kier alpha value is -2.48. The Morgan fingerprint density at radius 3 is 2.58 bits per heavy atom. The van der Waals surface area contributed by atoms with E-state index in [0.717, 1.165) is 64.4 Å². The molecule has 33 heavy (non-hydrogen) atoms. The lowest BCUT2D eigenvalue weighted by Gasteiger charge is -2.31. The van der Waals surface area contributed by atoms with Gasteiger partial charge in [0, 0.05) is 26.1 Å². The summed E-state index contributed by atoms with van der Waals surface area (Å²) in [5.41, 5.74) is 6.57. The van der Waals surface area contributed by atoms with Gasteiger partial charge in [-0.15, -0.1) is 0 Å². The van der Waals surface area contributed by atoms with Gasteiger partial charge >= 0.3 is 0 Å². The van der Waals surface area contributed by atoms with Crippen molar-refractivity contribution in [2.45, 2.75) is 58.0 Å². The van der Waals surface area contributed by atoms with E-state index in [1.54, 1.807) is 12.1 Å². The summed E-state index contributed by atoms with van der Waals surface area (Å²) in [6, 6.07) is 16.1. The monoisotopic (exact) mass is 445 g/mol. The summed E-state index contributed by atoms with van der Waals surface area (Å²) in [4.78, 5) is 4.91. The number of benzene rings is 2. The second-order valence-corrected chi connectivity index (χ2v) is 9.76. The predicted octanol–water partition coefficient (Wildman–Crippen LogP) is 6.19. The maximum absolute atomic E-state index is 13.3. The number of nitrogens with zero attached hydrogens (tertiary/aromatic N) is 3. The zero-order valence-electron chi connectivity index (χ0n) is 19.7. The molecule has 2 aromatic rings. The maximum atomic E-state index is 13.3. The van der Waals surface area contributed by atoms with Crippen LogP contribution in [0.4, 0.5) is 4.39 Å². The molecule has 2 aliphatic rings. The van der Waals surface area contributed by atoms with Gasteiger partial charge in [-0.1, -0.05) is 30.8 Å². The SMILES string of the molecule is C=C(CCC1CCN(CCC#N)CC1)c1ccc2c(c1)CN(Cc1ccc(F)cc1)CCC2. The average molecular weight is 446 g/mol. The molecule has 0 radical (unpaired) electrons. The molecule has 0 aliphatic carbocycles. The van der Waals surface area contributed by atoms with Crippen LogP contribution in [0.3, 0.4) is 0 Å². The van der Waals surface area contributed by atoms with Crippen LogP contribution in [0.2, 0.25) is 0 Å². The molecule has 4 rings (SSSR count). The molecule has 0 saturated carbocycles. The molecule has 4 heteroatoms. The third kappa shape index (κ3) is 6.76. The van der Waals surface area contributed by atoms with Crippen LogP contribution in [-0.4, -0.2) is 36.0 Å². The molecule has 2 aromatic carbocycles. The molecule has 0 amide bonds. The third-order valence-corrected chi connectivity index (χ3v) is 7.35. The minimum Gasteiger partial charge on any atom is -0.302 e. The molecular formula is C29H36FN3. The van der Waals surface area contributed by atoms with E-state index in [2.05, 4.69) is 40.6 Å². The van der Waals surface area contributed by atoms with Crippen molar-refractivity contribution in [3.8, 4) is 6.07 Å². The van der Waals surface area contributed by atoms with E-state index in [4.69, 9.17) is 5.26 Å². The first kappa shape index (κ1) is 23.7. The molecule has 0 atom stereocenters. The number of nitriles is 1. The van der Waals surface area contributed by atoms with Crippen molar-refractivity contribution < 1.29 is 4.39 Å². The lowest BCUT2D eigenvalue weighted by Crippen LogP contribution is -2.34. The fraction of sp³-hybridized carbons (Fsp3) is 0.483. The van der Waals surface area contributed by atoms with Crippen LogP contribution in [0.1, 0.15) is 60.8 Å². The molecule has 0 bridgehead atoms. The van der Waals surface area contributed by atoms with Gasteiger partial charge in [-0.25, -0.2) is 4.39 Å². The van der Waals surface area contributed by atoms with Gasteiger partial charge in [0.1, 0.15) is 5.82 Å². The van der Waals surface area contributed by atoms with Gasteiger partial charge in [-0.3, -0.25) is 4.90 Å². The number of aryl methyl sites for hydroxylation is 1. The molecule has 0 unspecified atom stereocenters. The van der Waals surface area contributed by atoms with Crippen LogP contribution in [0.25, 0.3) is 5.57 Å². The number of hydrogen-bond donors (Lipinski definition) is 0. The number of rotatable bonds is 8. The smallest absolute Gasteiger partial charge is 0.123 e. The topological polar surface area (TPSA) is 30.3 Å². The fourth-order valence-electron chi connectivity index (χ4n) is 5.26. The standard InChI is InChI=1S/C29H36FN3/c1-23(5-6-24-13-18-32(19-14-24)17-3-15-31)27-10-9-26-4-2-16-33(22-28(26)20-27)21-25-7-11-29(30)12-8-25/h7-12,20,24H,1-6,13-14,16-19,21-22H2. The Bertz CT molecular complexity index is 967. The van der Waals surface area contributed by atoms with Gasteiger partial charge in [0.25, 0.3) is 0 Å². The number of hydrogen-bond acceptors (Lipinski definition) is 3. The van der Waals surface area contributed by atoms with Crippen LogP contribution in [0.15, 0.2) is 49.0 Å². The first-order valence-electron chi connectivity index (χ1n) is 12.5. The Balaban J connectivity index is 1.31. The van der Waals surface area contributed by atoms with Gasteiger partial charge in [-0.2, -0.15) is 5.26 Å². The number of piperidine rings is 1. The lowest BCUT2D eigenvalue weighted by molar-refractivity contribution is 0.183. The van der Waals surface area contributed by atoms with Gasteiger partial charge in [0.2, 0.25) is 0 Å². The summed E-state index contributed by atoms with van der Waals surface area (Å²) in [5, 5.41) is 8.78. The molecular weight excluding hydrogens is 409 g/mol. The minimum absolute atomic E-state index is 0.173. The Kier molecular flexibility index (Phi) is 8.31. The van der Waals surface area contributed by atoms with Crippen molar-refractivity contribution in [3.63, 3.8) is 0 Å². The molecule has 0 N–H and O–H groups in total. The number of likely N-dealkylation sites (tertiary alicyclic amines) is 1. The first-order valence-corrected chi connectivity index (χ1v) is 12.5. The van der Waals surface area contributed by atoms with Gasteiger partial charge in [0.15, 0.2) is 0 Å². The summed E-state index contributed by atoms with van der Waals surface area (Å²) in [6.45, 7) is 10.5. The molecule has 3 nitrogen and oxygen atoms in total. The first-order chi connectivity index (χ1) is 16.1. The zero-order valence-corrected chi connectivity index (χ0v) is 19.7. The van der Waals surface area contributed by atoms with Gasteiger partial charge < -0.3 is 4.90 Å². The Morgan fingerprint density at radius 1 is 1.03 bits per heavy atom.